The van der Waals surface area contributed by atoms with Gasteiger partial charge in [-0.15, -0.1) is 0 Å². The molecular formula is C8H9ClN2O2. The fourth-order valence-corrected chi connectivity index (χ4v) is 0.884. The van der Waals surface area contributed by atoms with E-state index in [4.69, 9.17) is 22.2 Å². The van der Waals surface area contributed by atoms with E-state index in [0.29, 0.717) is 10.8 Å². The van der Waals surface area contributed by atoms with Crippen LogP contribution in [0.3, 0.4) is 0 Å². The lowest BCUT2D eigenvalue weighted by Crippen LogP contribution is -2.35. The van der Waals surface area contributed by atoms with Crippen molar-refractivity contribution in [3.05, 3.63) is 29.3 Å². The van der Waals surface area contributed by atoms with Crippen LogP contribution in [0.15, 0.2) is 24.3 Å². The molecule has 1 aromatic carbocycles. The number of ether oxygens (including phenoxy) is 1. The molecule has 1 amide bonds. The molecule has 1 rings (SSSR count). The van der Waals surface area contributed by atoms with Gasteiger partial charge in [0.05, 0.1) is 0 Å². The highest BCUT2D eigenvalue weighted by Gasteiger charge is 2.06. The zero-order valence-corrected chi connectivity index (χ0v) is 7.78. The monoisotopic (exact) mass is 200 g/mol. The van der Waals surface area contributed by atoms with Gasteiger partial charge in [-0.05, 0) is 18.2 Å². The predicted molar refractivity (Wildman–Crippen MR) is 49.4 cm³/mol. The molecule has 4 nitrogen and oxygen atoms in total. The molecule has 0 unspecified atom stereocenters. The van der Waals surface area contributed by atoms with Gasteiger partial charge in [0, 0.05) is 12.1 Å². The van der Waals surface area contributed by atoms with Gasteiger partial charge in [-0.2, -0.15) is 0 Å². The first-order valence-electron chi connectivity index (χ1n) is 3.55. The summed E-state index contributed by atoms with van der Waals surface area (Å²) in [7, 11) is 1.40. The molecule has 0 saturated carbocycles. The Balaban J connectivity index is 2.69. The Bertz CT molecular complexity index is 315. The number of halogens is 1. The molecule has 5 heteroatoms. The number of nitrogens with zero attached hydrogens (tertiary/aromatic N) is 1. The van der Waals surface area contributed by atoms with E-state index in [1.54, 1.807) is 18.2 Å². The van der Waals surface area contributed by atoms with Crippen LogP contribution >= 0.6 is 11.6 Å². The van der Waals surface area contributed by atoms with Gasteiger partial charge in [-0.3, -0.25) is 0 Å². The molecule has 70 valence electrons. The van der Waals surface area contributed by atoms with E-state index >= 15 is 0 Å². The first-order valence-corrected chi connectivity index (χ1v) is 3.93. The number of hydrogen-bond acceptors (Lipinski definition) is 3. The number of nitrogens with two attached hydrogens (primary N) is 1. The summed E-state index contributed by atoms with van der Waals surface area (Å²) in [4.78, 5) is 11.0. The number of rotatable bonds is 1. The van der Waals surface area contributed by atoms with Crippen molar-refractivity contribution in [1.82, 2.24) is 5.01 Å². The largest absolute Gasteiger partial charge is 0.429 e. The highest BCUT2D eigenvalue weighted by atomic mass is 35.5. The third-order valence-electron chi connectivity index (χ3n) is 1.29. The average Bonchev–Trinajstić information content (AvgIpc) is 2.04. The molecule has 13 heavy (non-hydrogen) atoms. The van der Waals surface area contributed by atoms with Crippen molar-refractivity contribution in [2.75, 3.05) is 7.05 Å². The number of carbonyl (C=O) groups is 1. The Kier molecular flexibility index (Phi) is 3.11. The Morgan fingerprint density at radius 2 is 2.31 bits per heavy atom. The number of carbonyl (C=O) groups excluding carboxylic acids is 1. The normalized spacial score (nSPS) is 9.46. The SMILES string of the molecule is CN(N)C(=O)Oc1cccc(Cl)c1. The number of hydrogen-bond donors (Lipinski definition) is 1. The zero-order chi connectivity index (χ0) is 9.84. The summed E-state index contributed by atoms with van der Waals surface area (Å²) in [5.41, 5.74) is 0. The van der Waals surface area contributed by atoms with E-state index in [1.807, 2.05) is 0 Å². The molecular weight excluding hydrogens is 192 g/mol. The van der Waals surface area contributed by atoms with Crippen LogP contribution in [0.4, 0.5) is 4.79 Å². The second-order valence-corrected chi connectivity index (χ2v) is 2.87. The highest BCUT2D eigenvalue weighted by molar-refractivity contribution is 6.30. The Morgan fingerprint density at radius 3 is 2.85 bits per heavy atom. The average molecular weight is 201 g/mol. The molecule has 0 aliphatic heterocycles. The first kappa shape index (κ1) is 9.83. The minimum atomic E-state index is -0.637. The Labute approximate surface area is 80.8 Å². The van der Waals surface area contributed by atoms with Crippen molar-refractivity contribution in [2.45, 2.75) is 0 Å². The molecule has 0 aliphatic rings. The standard InChI is InChI=1S/C8H9ClN2O2/c1-11(10)8(12)13-7-4-2-3-6(9)5-7/h2-5H,10H2,1H3. The summed E-state index contributed by atoms with van der Waals surface area (Å²) in [6, 6.07) is 6.52. The third-order valence-corrected chi connectivity index (χ3v) is 1.52. The molecule has 0 atom stereocenters. The third kappa shape index (κ3) is 2.93. The van der Waals surface area contributed by atoms with Gasteiger partial charge in [0.2, 0.25) is 0 Å². The lowest BCUT2D eigenvalue weighted by atomic mass is 10.3. The molecule has 1 aromatic rings. The van der Waals surface area contributed by atoms with Crippen LogP contribution in [0.1, 0.15) is 0 Å². The summed E-state index contributed by atoms with van der Waals surface area (Å²) < 4.78 is 4.83. The molecule has 0 aromatic heterocycles. The van der Waals surface area contributed by atoms with Crippen LogP contribution in [0.5, 0.6) is 5.75 Å². The van der Waals surface area contributed by atoms with Gasteiger partial charge in [-0.1, -0.05) is 17.7 Å². The van der Waals surface area contributed by atoms with Crippen molar-refractivity contribution < 1.29 is 9.53 Å². The molecule has 0 fully saturated rings. The first-order chi connectivity index (χ1) is 6.09. The van der Waals surface area contributed by atoms with Crippen LogP contribution < -0.4 is 10.6 Å². The molecule has 0 spiro atoms. The summed E-state index contributed by atoms with van der Waals surface area (Å²) in [5, 5.41) is 1.35. The minimum absolute atomic E-state index is 0.370. The van der Waals surface area contributed by atoms with Gasteiger partial charge in [0.1, 0.15) is 5.75 Å². The maximum Gasteiger partial charge on any atom is 0.429 e. The quantitative estimate of drug-likeness (QED) is 0.426. The summed E-state index contributed by atoms with van der Waals surface area (Å²) in [5.74, 6) is 5.52. The molecule has 0 heterocycles. The second kappa shape index (κ2) is 4.11. The molecule has 0 aliphatic carbocycles. The fourth-order valence-electron chi connectivity index (χ4n) is 0.703. The summed E-state index contributed by atoms with van der Waals surface area (Å²) in [6.07, 6.45) is -0.637. The van der Waals surface area contributed by atoms with Crippen molar-refractivity contribution >= 4 is 17.7 Å². The Morgan fingerprint density at radius 1 is 1.62 bits per heavy atom. The van der Waals surface area contributed by atoms with E-state index < -0.39 is 6.09 Å². The van der Waals surface area contributed by atoms with Crippen molar-refractivity contribution in [2.24, 2.45) is 5.84 Å². The van der Waals surface area contributed by atoms with Gasteiger partial charge < -0.3 is 4.74 Å². The molecule has 2 N–H and O–H groups in total. The summed E-state index contributed by atoms with van der Waals surface area (Å²) in [6.45, 7) is 0. The fraction of sp³-hybridized carbons (Fsp3) is 0.125. The van der Waals surface area contributed by atoms with E-state index in [1.165, 1.54) is 13.1 Å². The van der Waals surface area contributed by atoms with Crippen LogP contribution in [0.25, 0.3) is 0 Å². The predicted octanol–water partition coefficient (Wildman–Crippen LogP) is 1.64. The van der Waals surface area contributed by atoms with Crippen LogP contribution in [0, 0.1) is 0 Å². The highest BCUT2D eigenvalue weighted by Crippen LogP contribution is 2.17. The lowest BCUT2D eigenvalue weighted by Gasteiger charge is -2.09. The maximum atomic E-state index is 11.0. The molecule has 0 saturated heterocycles. The van der Waals surface area contributed by atoms with Gasteiger partial charge >= 0.3 is 6.09 Å². The summed E-state index contributed by atoms with van der Waals surface area (Å²) >= 11 is 5.67. The van der Waals surface area contributed by atoms with E-state index in [9.17, 15) is 4.79 Å². The zero-order valence-electron chi connectivity index (χ0n) is 7.03. The van der Waals surface area contributed by atoms with Gasteiger partial charge in [-0.25, -0.2) is 15.6 Å². The number of amides is 1. The van der Waals surface area contributed by atoms with Crippen molar-refractivity contribution in [1.29, 1.82) is 0 Å². The Hall–Kier alpha value is -1.26. The minimum Gasteiger partial charge on any atom is -0.409 e. The molecule has 0 bridgehead atoms. The van der Waals surface area contributed by atoms with E-state index in [-0.39, 0.29) is 0 Å². The van der Waals surface area contributed by atoms with Crippen LogP contribution in [-0.4, -0.2) is 18.1 Å². The van der Waals surface area contributed by atoms with Crippen LogP contribution in [-0.2, 0) is 0 Å². The van der Waals surface area contributed by atoms with E-state index in [0.717, 1.165) is 5.01 Å². The number of hydrazine groups is 1. The maximum absolute atomic E-state index is 11.0. The van der Waals surface area contributed by atoms with Gasteiger partial charge in [0.25, 0.3) is 0 Å². The van der Waals surface area contributed by atoms with Gasteiger partial charge in [0.15, 0.2) is 0 Å². The second-order valence-electron chi connectivity index (χ2n) is 2.44. The van der Waals surface area contributed by atoms with Crippen LogP contribution in [0.2, 0.25) is 5.02 Å². The number of benzene rings is 1. The van der Waals surface area contributed by atoms with Crippen molar-refractivity contribution in [3.63, 3.8) is 0 Å². The van der Waals surface area contributed by atoms with E-state index in [2.05, 4.69) is 0 Å². The lowest BCUT2D eigenvalue weighted by molar-refractivity contribution is 0.163. The topological polar surface area (TPSA) is 55.6 Å². The molecule has 0 radical (unpaired) electrons. The smallest absolute Gasteiger partial charge is 0.409 e. The van der Waals surface area contributed by atoms with Crippen molar-refractivity contribution in [3.8, 4) is 5.75 Å².